The number of sulfonamides is 1. The average Bonchev–Trinajstić information content (AvgIpc) is 3.15. The monoisotopic (exact) mass is 533 g/mol. The van der Waals surface area contributed by atoms with Gasteiger partial charge in [-0.2, -0.15) is 5.10 Å². The molecule has 38 heavy (non-hydrogen) atoms. The summed E-state index contributed by atoms with van der Waals surface area (Å²) in [6.45, 7) is 0.968. The molecule has 10 nitrogen and oxygen atoms in total. The van der Waals surface area contributed by atoms with E-state index in [0.717, 1.165) is 4.31 Å². The van der Waals surface area contributed by atoms with Crippen molar-refractivity contribution in [1.82, 2.24) is 14.8 Å². The van der Waals surface area contributed by atoms with Crippen LogP contribution < -0.4 is 20.0 Å². The molecule has 0 radical (unpaired) electrons. The molecule has 0 aliphatic heterocycles. The Morgan fingerprint density at radius 1 is 1.00 bits per heavy atom. The van der Waals surface area contributed by atoms with Crippen molar-refractivity contribution in [2.24, 2.45) is 12.1 Å². The Kier molecular flexibility index (Phi) is 7.77. The minimum absolute atomic E-state index is 0.0524. The second-order valence-electron chi connectivity index (χ2n) is 8.30. The van der Waals surface area contributed by atoms with E-state index in [9.17, 15) is 18.0 Å². The molecule has 1 aromatic heterocycles. The fourth-order valence-electron chi connectivity index (χ4n) is 3.88. The van der Waals surface area contributed by atoms with Gasteiger partial charge in [-0.25, -0.2) is 22.8 Å². The highest BCUT2D eigenvalue weighted by molar-refractivity contribution is 7.92. The topological polar surface area (TPSA) is 115 Å². The van der Waals surface area contributed by atoms with Crippen LogP contribution in [0.1, 0.15) is 11.3 Å². The number of hydrazone groups is 1. The number of rotatable bonds is 9. The smallest absolute Gasteiger partial charge is 0.296 e. The molecule has 3 aromatic carbocycles. The van der Waals surface area contributed by atoms with Gasteiger partial charge in [-0.3, -0.25) is 14.3 Å². The molecule has 0 saturated carbocycles. The van der Waals surface area contributed by atoms with Crippen LogP contribution in [0.25, 0.3) is 5.69 Å². The molecule has 0 atom stereocenters. The summed E-state index contributed by atoms with van der Waals surface area (Å²) in [5, 5.41) is 3.94. The quantitative estimate of drug-likeness (QED) is 0.262. The number of carbonyl (C=O) groups is 1. The van der Waals surface area contributed by atoms with Crippen LogP contribution in [0.4, 0.5) is 5.69 Å². The van der Waals surface area contributed by atoms with E-state index < -0.39 is 28.0 Å². The zero-order valence-corrected chi connectivity index (χ0v) is 21.9. The van der Waals surface area contributed by atoms with E-state index in [-0.39, 0.29) is 10.6 Å². The number of hydrogen-bond acceptors (Lipinski definition) is 6. The SMILES string of the molecule is COc1ccc(/C=N\NC(=O)CN(c2c(C)n(C)n(-c3ccccc3)c2=O)S(=O)(=O)c2ccccc2)cc1. The molecule has 0 aliphatic rings. The van der Waals surface area contributed by atoms with Crippen LogP contribution >= 0.6 is 0 Å². The number of nitrogens with one attached hydrogen (secondary N) is 1. The highest BCUT2D eigenvalue weighted by Gasteiger charge is 2.33. The zero-order chi connectivity index (χ0) is 27.3. The second-order valence-corrected chi connectivity index (χ2v) is 10.2. The van der Waals surface area contributed by atoms with Crippen molar-refractivity contribution in [1.29, 1.82) is 0 Å². The maximum Gasteiger partial charge on any atom is 0.296 e. The Balaban J connectivity index is 1.70. The number of methoxy groups -OCH3 is 1. The van der Waals surface area contributed by atoms with E-state index in [1.54, 1.807) is 92.5 Å². The molecular weight excluding hydrogens is 506 g/mol. The normalized spacial score (nSPS) is 11.4. The fourth-order valence-corrected chi connectivity index (χ4v) is 5.37. The van der Waals surface area contributed by atoms with Gasteiger partial charge in [0.05, 0.1) is 29.6 Å². The van der Waals surface area contributed by atoms with Crippen LogP contribution in [0.2, 0.25) is 0 Å². The summed E-state index contributed by atoms with van der Waals surface area (Å²) in [4.78, 5) is 26.5. The Bertz CT molecular complexity index is 1610. The summed E-state index contributed by atoms with van der Waals surface area (Å²) in [5.41, 5.74) is 3.27. The van der Waals surface area contributed by atoms with Crippen LogP contribution in [-0.2, 0) is 21.9 Å². The first-order chi connectivity index (χ1) is 18.2. The van der Waals surface area contributed by atoms with Gasteiger partial charge in [0, 0.05) is 7.05 Å². The first-order valence-electron chi connectivity index (χ1n) is 11.6. The van der Waals surface area contributed by atoms with Crippen molar-refractivity contribution in [3.63, 3.8) is 0 Å². The Morgan fingerprint density at radius 2 is 1.61 bits per heavy atom. The molecule has 0 saturated heterocycles. The average molecular weight is 534 g/mol. The highest BCUT2D eigenvalue weighted by atomic mass is 32.2. The molecule has 1 amide bonds. The number of hydrogen-bond donors (Lipinski definition) is 1. The Morgan fingerprint density at radius 3 is 2.21 bits per heavy atom. The minimum Gasteiger partial charge on any atom is -0.497 e. The first-order valence-corrected chi connectivity index (χ1v) is 13.1. The molecule has 1 heterocycles. The van der Waals surface area contributed by atoms with Crippen molar-refractivity contribution in [2.45, 2.75) is 11.8 Å². The fraction of sp³-hybridized carbons (Fsp3) is 0.148. The van der Waals surface area contributed by atoms with Crippen LogP contribution in [0.5, 0.6) is 5.75 Å². The van der Waals surface area contributed by atoms with E-state index in [2.05, 4.69) is 10.5 Å². The standard InChI is InChI=1S/C27H27N5O5S/c1-20-26(27(34)32(30(20)2)22-10-6-4-7-11-22)31(38(35,36)24-12-8-5-9-13-24)19-25(33)29-28-18-21-14-16-23(37-3)17-15-21/h4-18H,19H2,1-3H3,(H,29,33)/b28-18-. The number of anilines is 1. The van der Waals surface area contributed by atoms with Crippen LogP contribution in [0.3, 0.4) is 0 Å². The molecule has 1 N–H and O–H groups in total. The zero-order valence-electron chi connectivity index (χ0n) is 21.1. The lowest BCUT2D eigenvalue weighted by molar-refractivity contribution is -0.119. The molecule has 11 heteroatoms. The van der Waals surface area contributed by atoms with Gasteiger partial charge in [0.15, 0.2) is 0 Å². The van der Waals surface area contributed by atoms with Gasteiger partial charge in [-0.15, -0.1) is 0 Å². The van der Waals surface area contributed by atoms with Crippen molar-refractivity contribution in [2.75, 3.05) is 18.0 Å². The summed E-state index contributed by atoms with van der Waals surface area (Å²) in [6, 6.07) is 23.5. The summed E-state index contributed by atoms with van der Waals surface area (Å²) >= 11 is 0. The maximum absolute atomic E-state index is 13.7. The second kappa shape index (κ2) is 11.2. The third-order valence-corrected chi connectivity index (χ3v) is 7.67. The molecule has 0 bridgehead atoms. The first kappa shape index (κ1) is 26.4. The van der Waals surface area contributed by atoms with Crippen molar-refractivity contribution in [3.8, 4) is 11.4 Å². The lowest BCUT2D eigenvalue weighted by Crippen LogP contribution is -2.42. The van der Waals surface area contributed by atoms with Gasteiger partial charge < -0.3 is 4.74 Å². The molecule has 196 valence electrons. The highest BCUT2D eigenvalue weighted by Crippen LogP contribution is 2.25. The van der Waals surface area contributed by atoms with E-state index in [4.69, 9.17) is 4.74 Å². The van der Waals surface area contributed by atoms with Gasteiger partial charge in [0.2, 0.25) is 0 Å². The third kappa shape index (κ3) is 5.37. The largest absolute Gasteiger partial charge is 0.497 e. The minimum atomic E-state index is -4.28. The van der Waals surface area contributed by atoms with Crippen LogP contribution in [0, 0.1) is 6.92 Å². The van der Waals surface area contributed by atoms with E-state index in [0.29, 0.717) is 22.7 Å². The predicted octanol–water partition coefficient (Wildman–Crippen LogP) is 2.84. The molecule has 0 aliphatic carbocycles. The summed E-state index contributed by atoms with van der Waals surface area (Å²) in [6.07, 6.45) is 1.42. The summed E-state index contributed by atoms with van der Waals surface area (Å²) in [7, 11) is -1.07. The lowest BCUT2D eigenvalue weighted by Gasteiger charge is -2.22. The molecule has 0 fully saturated rings. The summed E-state index contributed by atoms with van der Waals surface area (Å²) < 4.78 is 36.3. The number of benzene rings is 3. The van der Waals surface area contributed by atoms with Gasteiger partial charge in [-0.1, -0.05) is 36.4 Å². The predicted molar refractivity (Wildman–Crippen MR) is 145 cm³/mol. The van der Waals surface area contributed by atoms with Crippen molar-refractivity contribution >= 4 is 27.8 Å². The summed E-state index contributed by atoms with van der Waals surface area (Å²) in [5.74, 6) is -0.0458. The van der Waals surface area contributed by atoms with Gasteiger partial charge in [0.1, 0.15) is 18.0 Å². The van der Waals surface area contributed by atoms with E-state index in [1.165, 1.54) is 23.0 Å². The molecule has 0 unspecified atom stereocenters. The molecular formula is C27H27N5O5S. The van der Waals surface area contributed by atoms with E-state index in [1.807, 2.05) is 6.07 Å². The molecule has 4 aromatic rings. The number of para-hydroxylation sites is 1. The maximum atomic E-state index is 13.7. The van der Waals surface area contributed by atoms with Gasteiger partial charge in [-0.05, 0) is 61.0 Å². The third-order valence-electron chi connectivity index (χ3n) is 5.91. The van der Waals surface area contributed by atoms with Crippen molar-refractivity contribution < 1.29 is 17.9 Å². The lowest BCUT2D eigenvalue weighted by atomic mass is 10.2. The molecule has 0 spiro atoms. The van der Waals surface area contributed by atoms with Gasteiger partial charge >= 0.3 is 0 Å². The number of carbonyl (C=O) groups excluding carboxylic acids is 1. The Labute approximate surface area is 220 Å². The number of ether oxygens (including phenoxy) is 1. The number of aromatic nitrogens is 2. The van der Waals surface area contributed by atoms with Gasteiger partial charge in [0.25, 0.3) is 21.5 Å². The number of amides is 1. The van der Waals surface area contributed by atoms with Crippen molar-refractivity contribution in [3.05, 3.63) is 107 Å². The van der Waals surface area contributed by atoms with E-state index >= 15 is 0 Å². The Hall–Kier alpha value is -4.64. The van der Waals surface area contributed by atoms with Crippen LogP contribution in [-0.4, -0.2) is 43.6 Å². The van der Waals surface area contributed by atoms with Crippen LogP contribution in [0.15, 0.2) is 99.7 Å². The molecule has 4 rings (SSSR count). The number of nitrogens with zero attached hydrogens (tertiary/aromatic N) is 4.